The third kappa shape index (κ3) is 3.59. The summed E-state index contributed by atoms with van der Waals surface area (Å²) >= 11 is 0. The quantitative estimate of drug-likeness (QED) is 0.306. The number of rotatable bonds is 3. The van der Waals surface area contributed by atoms with Crippen LogP contribution < -0.4 is 11.4 Å². The Morgan fingerprint density at radius 3 is 2.24 bits per heavy atom. The van der Waals surface area contributed by atoms with E-state index in [0.717, 1.165) is 15.5 Å². The van der Waals surface area contributed by atoms with E-state index in [1.165, 1.54) is 22.5 Å². The standard InChI is InChI=1S/C37H29N3O5/c1-38-35(44)39-19-18-26-30(40(39)36(38)45)21-29-34(43)28(22-10-4-2-5-11-22)20-31(41)37(29,24-13-6-3-7-14-24)32(26)27-17-16-23-12-8-9-15-25(23)33(27)42/h2-18,20,29-30,32,42H,19,21H2,1H3/t29-,30+,32+,37-/m0/s1. The van der Waals surface area contributed by atoms with E-state index in [1.807, 2.05) is 103 Å². The van der Waals surface area contributed by atoms with Crippen molar-refractivity contribution in [3.8, 4) is 5.75 Å². The molecule has 4 atom stereocenters. The number of fused-ring (bicyclic) bond motifs is 5. The normalized spacial score (nSPS) is 24.0. The van der Waals surface area contributed by atoms with Crippen LogP contribution in [0.3, 0.4) is 0 Å². The number of hydrogen-bond donors (Lipinski definition) is 1. The highest BCUT2D eigenvalue weighted by atomic mass is 16.3. The monoisotopic (exact) mass is 595 g/mol. The number of phenolic OH excluding ortho intramolecular Hbond substituents is 1. The highest BCUT2D eigenvalue weighted by Crippen LogP contribution is 2.62. The predicted octanol–water partition coefficient (Wildman–Crippen LogP) is 4.67. The molecule has 5 aromatic rings. The molecule has 3 aliphatic rings. The molecule has 2 heterocycles. The van der Waals surface area contributed by atoms with Crippen LogP contribution in [0.5, 0.6) is 5.75 Å². The Morgan fingerprint density at radius 2 is 1.49 bits per heavy atom. The van der Waals surface area contributed by atoms with Crippen molar-refractivity contribution in [3.05, 3.63) is 152 Å². The van der Waals surface area contributed by atoms with Gasteiger partial charge in [0.15, 0.2) is 11.6 Å². The number of Topliss-reactive ketones (excluding diaryl/α,β-unsaturated/α-hetero) is 1. The molecule has 2 aliphatic carbocycles. The van der Waals surface area contributed by atoms with Crippen LogP contribution in [0, 0.1) is 5.92 Å². The van der Waals surface area contributed by atoms with Crippen molar-refractivity contribution in [2.45, 2.75) is 30.3 Å². The molecule has 4 aromatic carbocycles. The van der Waals surface area contributed by atoms with Gasteiger partial charge >= 0.3 is 11.4 Å². The van der Waals surface area contributed by atoms with Gasteiger partial charge in [0, 0.05) is 35.4 Å². The smallest absolute Gasteiger partial charge is 0.347 e. The van der Waals surface area contributed by atoms with Crippen LogP contribution in [0.1, 0.15) is 35.1 Å². The van der Waals surface area contributed by atoms with Gasteiger partial charge in [0.05, 0.1) is 18.0 Å². The number of phenols is 1. The van der Waals surface area contributed by atoms with Crippen molar-refractivity contribution in [1.82, 2.24) is 13.9 Å². The summed E-state index contributed by atoms with van der Waals surface area (Å²) < 4.78 is 3.91. The number of allylic oxidation sites excluding steroid dienone is 4. The summed E-state index contributed by atoms with van der Waals surface area (Å²) in [6.07, 6.45) is 3.50. The van der Waals surface area contributed by atoms with Crippen LogP contribution >= 0.6 is 0 Å². The fourth-order valence-electron chi connectivity index (χ4n) is 8.09. The zero-order chi connectivity index (χ0) is 31.0. The van der Waals surface area contributed by atoms with Crippen LogP contribution in [0.15, 0.2) is 124 Å². The van der Waals surface area contributed by atoms with Gasteiger partial charge in [-0.25, -0.2) is 23.5 Å². The first kappa shape index (κ1) is 27.1. The van der Waals surface area contributed by atoms with Gasteiger partial charge in [-0.3, -0.25) is 9.59 Å². The third-order valence-corrected chi connectivity index (χ3v) is 10.1. The maximum Gasteiger partial charge on any atom is 0.347 e. The predicted molar refractivity (Wildman–Crippen MR) is 170 cm³/mol. The molecular formula is C37H29N3O5. The molecule has 0 unspecified atom stereocenters. The van der Waals surface area contributed by atoms with Crippen LogP contribution in [0.25, 0.3) is 16.3 Å². The topological polar surface area (TPSA) is 103 Å². The van der Waals surface area contributed by atoms with Crippen molar-refractivity contribution in [1.29, 1.82) is 0 Å². The summed E-state index contributed by atoms with van der Waals surface area (Å²) in [7, 11) is 1.44. The number of hydrogen-bond acceptors (Lipinski definition) is 5. The van der Waals surface area contributed by atoms with E-state index >= 15 is 4.79 Å². The van der Waals surface area contributed by atoms with E-state index in [-0.39, 0.29) is 30.3 Å². The van der Waals surface area contributed by atoms with Crippen LogP contribution in [-0.2, 0) is 28.6 Å². The maximum absolute atomic E-state index is 15.0. The Kier molecular flexibility index (Phi) is 5.87. The SMILES string of the molecule is Cn1c(=O)n2n(c1=O)[C@@H]1C[C@H]3C(=O)C(c4ccccc4)=CC(=O)[C@@]3(c3ccccc3)[C@@H](c3ccc4ccccc4c3O)C1=CC2. The highest BCUT2D eigenvalue weighted by molar-refractivity contribution is 6.31. The summed E-state index contributed by atoms with van der Waals surface area (Å²) in [6, 6.07) is 29.0. The molecular weight excluding hydrogens is 566 g/mol. The van der Waals surface area contributed by atoms with Gasteiger partial charge in [-0.2, -0.15) is 0 Å². The van der Waals surface area contributed by atoms with E-state index in [1.54, 1.807) is 0 Å². The van der Waals surface area contributed by atoms with Gasteiger partial charge in [0.25, 0.3) is 0 Å². The molecule has 1 saturated carbocycles. The van der Waals surface area contributed by atoms with E-state index in [4.69, 9.17) is 0 Å². The molecule has 1 aromatic heterocycles. The lowest BCUT2D eigenvalue weighted by atomic mass is 9.47. The molecule has 8 rings (SSSR count). The number of nitrogens with zero attached hydrogens (tertiary/aromatic N) is 3. The van der Waals surface area contributed by atoms with Gasteiger partial charge in [0.2, 0.25) is 0 Å². The molecule has 0 radical (unpaired) electrons. The molecule has 0 bridgehead atoms. The number of aromatic hydroxyl groups is 1. The molecule has 8 nitrogen and oxygen atoms in total. The summed E-state index contributed by atoms with van der Waals surface area (Å²) in [5.41, 5.74) is 0.494. The first-order valence-electron chi connectivity index (χ1n) is 15.0. The minimum Gasteiger partial charge on any atom is -0.507 e. The first-order chi connectivity index (χ1) is 21.8. The molecule has 0 saturated heterocycles. The Labute approximate surface area is 257 Å². The van der Waals surface area contributed by atoms with E-state index in [9.17, 15) is 19.5 Å². The summed E-state index contributed by atoms with van der Waals surface area (Å²) in [6.45, 7) is 0.119. The number of carbonyl (C=O) groups excluding carboxylic acids is 2. The van der Waals surface area contributed by atoms with Crippen molar-refractivity contribution in [2.75, 3.05) is 0 Å². The number of aromatic nitrogens is 3. The third-order valence-electron chi connectivity index (χ3n) is 10.1. The summed E-state index contributed by atoms with van der Waals surface area (Å²) in [5, 5.41) is 13.4. The van der Waals surface area contributed by atoms with E-state index < -0.39 is 34.7 Å². The van der Waals surface area contributed by atoms with Crippen LogP contribution in [0.4, 0.5) is 0 Å². The van der Waals surface area contributed by atoms with Gasteiger partial charge < -0.3 is 5.11 Å². The Balaban J connectivity index is 1.48. The molecule has 0 amide bonds. The van der Waals surface area contributed by atoms with E-state index in [0.29, 0.717) is 27.6 Å². The zero-order valence-corrected chi connectivity index (χ0v) is 24.5. The lowest BCUT2D eigenvalue weighted by Gasteiger charge is -2.54. The van der Waals surface area contributed by atoms with Gasteiger partial charge in [-0.05, 0) is 34.6 Å². The molecule has 1 N–H and O–H groups in total. The van der Waals surface area contributed by atoms with Gasteiger partial charge in [-0.1, -0.05) is 103 Å². The fraction of sp³-hybridized carbons (Fsp3) is 0.189. The zero-order valence-electron chi connectivity index (χ0n) is 24.5. The number of benzene rings is 4. The lowest BCUT2D eigenvalue weighted by Crippen LogP contribution is -2.58. The van der Waals surface area contributed by atoms with Gasteiger partial charge in [0.1, 0.15) is 5.75 Å². The second-order valence-corrected chi connectivity index (χ2v) is 12.1. The molecule has 222 valence electrons. The maximum atomic E-state index is 15.0. The van der Waals surface area contributed by atoms with Crippen molar-refractivity contribution in [3.63, 3.8) is 0 Å². The van der Waals surface area contributed by atoms with Crippen molar-refractivity contribution >= 4 is 27.9 Å². The average Bonchev–Trinajstić information content (AvgIpc) is 3.30. The minimum atomic E-state index is -1.42. The molecule has 1 fully saturated rings. The van der Waals surface area contributed by atoms with Crippen molar-refractivity contribution < 1.29 is 14.7 Å². The minimum absolute atomic E-state index is 0.0233. The van der Waals surface area contributed by atoms with E-state index in [2.05, 4.69) is 0 Å². The Morgan fingerprint density at radius 1 is 0.800 bits per heavy atom. The molecule has 0 spiro atoms. The van der Waals surface area contributed by atoms with Crippen molar-refractivity contribution in [2.24, 2.45) is 13.0 Å². The average molecular weight is 596 g/mol. The first-order valence-corrected chi connectivity index (χ1v) is 15.0. The molecule has 8 heteroatoms. The molecule has 45 heavy (non-hydrogen) atoms. The number of carbonyl (C=O) groups is 2. The molecule has 1 aliphatic heterocycles. The fourth-order valence-corrected chi connectivity index (χ4v) is 8.09. The highest BCUT2D eigenvalue weighted by Gasteiger charge is 2.63. The van der Waals surface area contributed by atoms with Gasteiger partial charge in [-0.15, -0.1) is 0 Å². The van der Waals surface area contributed by atoms with Crippen LogP contribution in [-0.4, -0.2) is 30.6 Å². The second-order valence-electron chi connectivity index (χ2n) is 12.1. The Hall–Kier alpha value is -5.50. The largest absolute Gasteiger partial charge is 0.507 e. The lowest BCUT2D eigenvalue weighted by molar-refractivity contribution is -0.133. The summed E-state index contributed by atoms with van der Waals surface area (Å²) in [5.74, 6) is -2.14. The number of ketones is 2. The summed E-state index contributed by atoms with van der Waals surface area (Å²) in [4.78, 5) is 56.5. The Bertz CT molecular complexity index is 2240. The second kappa shape index (κ2) is 9.75. The van der Waals surface area contributed by atoms with Crippen LogP contribution in [0.2, 0.25) is 0 Å².